The van der Waals surface area contributed by atoms with Crippen molar-refractivity contribution >= 4 is 37.5 Å². The Morgan fingerprint density at radius 3 is 2.57 bits per heavy atom. The first-order valence-electron chi connectivity index (χ1n) is 9.25. The molecule has 1 heterocycles. The fourth-order valence-electron chi connectivity index (χ4n) is 3.13. The minimum absolute atomic E-state index is 0.0559. The van der Waals surface area contributed by atoms with Crippen LogP contribution in [0.4, 0.5) is 5.69 Å². The van der Waals surface area contributed by atoms with E-state index in [0.717, 1.165) is 19.3 Å². The van der Waals surface area contributed by atoms with Crippen LogP contribution in [0.2, 0.25) is 0 Å². The van der Waals surface area contributed by atoms with Crippen LogP contribution < -0.4 is 9.46 Å². The fourth-order valence-corrected chi connectivity index (χ4v) is 4.72. The summed E-state index contributed by atoms with van der Waals surface area (Å²) in [5.41, 5.74) is 0.792. The Labute approximate surface area is 174 Å². The van der Waals surface area contributed by atoms with Gasteiger partial charge in [0.15, 0.2) is 0 Å². The van der Waals surface area contributed by atoms with E-state index in [1.807, 2.05) is 6.92 Å². The van der Waals surface area contributed by atoms with Gasteiger partial charge in [-0.2, -0.15) is 0 Å². The first-order chi connectivity index (χ1) is 13.4. The molecule has 0 radical (unpaired) electrons. The number of halogens is 1. The van der Waals surface area contributed by atoms with Crippen LogP contribution in [-0.4, -0.2) is 38.9 Å². The maximum Gasteiger partial charge on any atom is 0.261 e. The largest absolute Gasteiger partial charge is 0.493 e. The smallest absolute Gasteiger partial charge is 0.261 e. The average Bonchev–Trinajstić information content (AvgIpc) is 2.70. The van der Waals surface area contributed by atoms with E-state index in [1.165, 1.54) is 12.1 Å². The molecule has 150 valence electrons. The van der Waals surface area contributed by atoms with Gasteiger partial charge in [-0.3, -0.25) is 9.52 Å². The number of ether oxygens (including phenoxy) is 1. The number of amides is 1. The van der Waals surface area contributed by atoms with Crippen LogP contribution in [-0.2, 0) is 10.0 Å². The number of benzene rings is 2. The van der Waals surface area contributed by atoms with Gasteiger partial charge in [0.25, 0.3) is 15.9 Å². The number of sulfonamides is 1. The minimum atomic E-state index is -3.82. The van der Waals surface area contributed by atoms with E-state index < -0.39 is 10.0 Å². The molecule has 6 nitrogen and oxygen atoms in total. The molecule has 2 aromatic carbocycles. The van der Waals surface area contributed by atoms with E-state index in [-0.39, 0.29) is 10.8 Å². The lowest BCUT2D eigenvalue weighted by molar-refractivity contribution is 0.0724. The number of carbonyl (C=O) groups excluding carboxylic acids is 1. The third-order valence-electron chi connectivity index (χ3n) is 4.52. The number of rotatable bonds is 6. The summed E-state index contributed by atoms with van der Waals surface area (Å²) in [6, 6.07) is 11.1. The van der Waals surface area contributed by atoms with E-state index in [4.69, 9.17) is 4.74 Å². The van der Waals surface area contributed by atoms with Gasteiger partial charge in [-0.15, -0.1) is 0 Å². The second-order valence-electron chi connectivity index (χ2n) is 6.56. The Morgan fingerprint density at radius 2 is 1.89 bits per heavy atom. The van der Waals surface area contributed by atoms with E-state index in [2.05, 4.69) is 20.7 Å². The molecule has 1 amide bonds. The Morgan fingerprint density at radius 1 is 1.14 bits per heavy atom. The van der Waals surface area contributed by atoms with Crippen molar-refractivity contribution in [1.82, 2.24) is 4.90 Å². The molecule has 0 aromatic heterocycles. The van der Waals surface area contributed by atoms with E-state index >= 15 is 0 Å². The molecular weight excluding hydrogens is 444 g/mol. The molecule has 1 aliphatic heterocycles. The van der Waals surface area contributed by atoms with Crippen molar-refractivity contribution in [3.05, 3.63) is 52.5 Å². The second kappa shape index (κ2) is 8.96. The van der Waals surface area contributed by atoms with Gasteiger partial charge in [0, 0.05) is 18.7 Å². The number of likely N-dealkylation sites (tertiary alicyclic amines) is 1. The highest BCUT2D eigenvalue weighted by atomic mass is 79.9. The molecule has 0 aliphatic carbocycles. The standard InChI is InChI=1S/C20H23BrN2O4S/c1-2-27-19-10-9-16(14-18(19)21)22-28(25,26)17-8-6-7-15(13-17)20(24)23-11-4-3-5-12-23/h6-10,13-14,22H,2-5,11-12H2,1H3. The first-order valence-corrected chi connectivity index (χ1v) is 11.5. The summed E-state index contributed by atoms with van der Waals surface area (Å²) >= 11 is 3.38. The van der Waals surface area contributed by atoms with Crippen molar-refractivity contribution in [2.24, 2.45) is 0 Å². The van der Waals surface area contributed by atoms with Gasteiger partial charge in [0.05, 0.1) is 21.7 Å². The molecule has 0 bridgehead atoms. The zero-order valence-electron chi connectivity index (χ0n) is 15.7. The maximum absolute atomic E-state index is 12.8. The molecule has 0 atom stereocenters. The quantitative estimate of drug-likeness (QED) is 0.689. The zero-order chi connectivity index (χ0) is 20.1. The van der Waals surface area contributed by atoms with Crippen LogP contribution in [0.3, 0.4) is 0 Å². The number of nitrogens with one attached hydrogen (secondary N) is 1. The Hall–Kier alpha value is -2.06. The van der Waals surface area contributed by atoms with Gasteiger partial charge in [-0.1, -0.05) is 6.07 Å². The number of nitrogens with zero attached hydrogens (tertiary/aromatic N) is 1. The van der Waals surface area contributed by atoms with E-state index in [0.29, 0.717) is 41.2 Å². The molecule has 1 saturated heterocycles. The molecule has 8 heteroatoms. The third-order valence-corrected chi connectivity index (χ3v) is 6.52. The predicted molar refractivity (Wildman–Crippen MR) is 112 cm³/mol. The molecule has 2 aromatic rings. The highest BCUT2D eigenvalue weighted by Gasteiger charge is 2.21. The monoisotopic (exact) mass is 466 g/mol. The summed E-state index contributed by atoms with van der Waals surface area (Å²) < 4.78 is 34.2. The average molecular weight is 467 g/mol. The minimum Gasteiger partial charge on any atom is -0.493 e. The van der Waals surface area contributed by atoms with Crippen molar-refractivity contribution < 1.29 is 17.9 Å². The number of hydrogen-bond donors (Lipinski definition) is 1. The molecular formula is C20H23BrN2O4S. The van der Waals surface area contributed by atoms with Crippen LogP contribution in [0, 0.1) is 0 Å². The topological polar surface area (TPSA) is 75.7 Å². The van der Waals surface area contributed by atoms with E-state index in [1.54, 1.807) is 35.2 Å². The highest BCUT2D eigenvalue weighted by molar-refractivity contribution is 9.10. The predicted octanol–water partition coefficient (Wildman–Crippen LogP) is 4.27. The Bertz CT molecular complexity index is 956. The summed E-state index contributed by atoms with van der Waals surface area (Å²) in [6.07, 6.45) is 3.09. The van der Waals surface area contributed by atoms with E-state index in [9.17, 15) is 13.2 Å². The van der Waals surface area contributed by atoms with Gasteiger partial charge in [-0.05, 0) is 78.5 Å². The Balaban J connectivity index is 1.80. The number of piperidine rings is 1. The van der Waals surface area contributed by atoms with Crippen molar-refractivity contribution in [1.29, 1.82) is 0 Å². The van der Waals surface area contributed by atoms with Crippen molar-refractivity contribution in [2.75, 3.05) is 24.4 Å². The maximum atomic E-state index is 12.8. The molecule has 1 fully saturated rings. The fraction of sp³-hybridized carbons (Fsp3) is 0.350. The molecule has 28 heavy (non-hydrogen) atoms. The summed E-state index contributed by atoms with van der Waals surface area (Å²) in [6.45, 7) is 3.82. The van der Waals surface area contributed by atoms with Crippen LogP contribution in [0.5, 0.6) is 5.75 Å². The zero-order valence-corrected chi connectivity index (χ0v) is 18.1. The molecule has 0 saturated carbocycles. The molecule has 1 aliphatic rings. The van der Waals surface area contributed by atoms with Crippen molar-refractivity contribution in [2.45, 2.75) is 31.1 Å². The SMILES string of the molecule is CCOc1ccc(NS(=O)(=O)c2cccc(C(=O)N3CCCCC3)c2)cc1Br. The number of hydrogen-bond acceptors (Lipinski definition) is 4. The summed E-state index contributed by atoms with van der Waals surface area (Å²) in [5, 5.41) is 0. The van der Waals surface area contributed by atoms with Crippen molar-refractivity contribution in [3.63, 3.8) is 0 Å². The summed E-state index contributed by atoms with van der Waals surface area (Å²) in [7, 11) is -3.82. The first kappa shape index (κ1) is 20.7. The lowest BCUT2D eigenvalue weighted by Gasteiger charge is -2.26. The van der Waals surface area contributed by atoms with Crippen molar-refractivity contribution in [3.8, 4) is 5.75 Å². The highest BCUT2D eigenvalue weighted by Crippen LogP contribution is 2.29. The molecule has 1 N–H and O–H groups in total. The summed E-state index contributed by atoms with van der Waals surface area (Å²) in [4.78, 5) is 14.5. The van der Waals surface area contributed by atoms with Gasteiger partial charge in [0.1, 0.15) is 5.75 Å². The molecule has 0 spiro atoms. The lowest BCUT2D eigenvalue weighted by Crippen LogP contribution is -2.35. The Kier molecular flexibility index (Phi) is 6.61. The summed E-state index contributed by atoms with van der Waals surface area (Å²) in [5.74, 6) is 0.514. The molecule has 3 rings (SSSR count). The van der Waals surface area contributed by atoms with Gasteiger partial charge >= 0.3 is 0 Å². The lowest BCUT2D eigenvalue weighted by atomic mass is 10.1. The van der Waals surface area contributed by atoms with Crippen LogP contribution in [0.1, 0.15) is 36.5 Å². The van der Waals surface area contributed by atoms with Crippen LogP contribution >= 0.6 is 15.9 Å². The van der Waals surface area contributed by atoms with Crippen LogP contribution in [0.25, 0.3) is 0 Å². The number of carbonyl (C=O) groups is 1. The normalized spacial score (nSPS) is 14.6. The van der Waals surface area contributed by atoms with Gasteiger partial charge in [0.2, 0.25) is 0 Å². The van der Waals surface area contributed by atoms with Gasteiger partial charge in [-0.25, -0.2) is 8.42 Å². The van der Waals surface area contributed by atoms with Gasteiger partial charge < -0.3 is 9.64 Å². The second-order valence-corrected chi connectivity index (χ2v) is 9.10. The number of anilines is 1. The van der Waals surface area contributed by atoms with Crippen LogP contribution in [0.15, 0.2) is 51.8 Å². The molecule has 0 unspecified atom stereocenters. The third kappa shape index (κ3) is 4.86.